The second-order valence-corrected chi connectivity index (χ2v) is 8.67. The standard InChI is InChI=1S/C24H24BrF2N5O2/c1-4-19-22(8-16(25)12-28-19)34-14(3)18-9-17(26)6-7-20(18)32-21(10-23(27)30-32)24(33)15-11-29-31(5-2)13-15/h6-14,24,33H,4-5H2,1-3H3. The molecule has 4 rings (SSSR count). The third-order valence-electron chi connectivity index (χ3n) is 5.47. The minimum Gasteiger partial charge on any atom is -0.484 e. The zero-order valence-electron chi connectivity index (χ0n) is 18.9. The van der Waals surface area contributed by atoms with Crippen molar-refractivity contribution in [1.29, 1.82) is 0 Å². The van der Waals surface area contributed by atoms with Gasteiger partial charge >= 0.3 is 0 Å². The summed E-state index contributed by atoms with van der Waals surface area (Å²) in [5.41, 5.74) is 2.25. The molecule has 2 unspecified atom stereocenters. The summed E-state index contributed by atoms with van der Waals surface area (Å²) in [6.45, 7) is 6.27. The molecule has 0 aliphatic carbocycles. The molecule has 4 aromatic rings. The molecule has 0 bridgehead atoms. The van der Waals surface area contributed by atoms with Crippen LogP contribution in [0.1, 0.15) is 55.5 Å². The lowest BCUT2D eigenvalue weighted by Crippen LogP contribution is -2.14. The SMILES string of the molecule is CCc1ncc(Br)cc1OC(C)c1cc(F)ccc1-n1nc(F)cc1C(O)c1cnn(CC)c1. The fourth-order valence-corrected chi connectivity index (χ4v) is 4.04. The van der Waals surface area contributed by atoms with Gasteiger partial charge in [0, 0.05) is 40.6 Å². The number of hydrogen-bond acceptors (Lipinski definition) is 5. The number of benzene rings is 1. The highest BCUT2D eigenvalue weighted by atomic mass is 79.9. The highest BCUT2D eigenvalue weighted by Gasteiger charge is 2.24. The highest BCUT2D eigenvalue weighted by Crippen LogP contribution is 2.32. The number of nitrogens with zero attached hydrogens (tertiary/aromatic N) is 5. The first kappa shape index (κ1) is 24.0. The molecular formula is C24H24BrF2N5O2. The lowest BCUT2D eigenvalue weighted by molar-refractivity contribution is 0.210. The highest BCUT2D eigenvalue weighted by molar-refractivity contribution is 9.10. The van der Waals surface area contributed by atoms with Crippen molar-refractivity contribution in [2.45, 2.75) is 45.9 Å². The molecule has 0 aliphatic heterocycles. The minimum atomic E-state index is -1.19. The van der Waals surface area contributed by atoms with Crippen LogP contribution in [0.5, 0.6) is 5.75 Å². The molecule has 3 heterocycles. The Hall–Kier alpha value is -3.11. The van der Waals surface area contributed by atoms with Crippen LogP contribution in [0.4, 0.5) is 8.78 Å². The zero-order chi connectivity index (χ0) is 24.4. The van der Waals surface area contributed by atoms with Gasteiger partial charge in [-0.2, -0.15) is 9.49 Å². The Balaban J connectivity index is 1.75. The summed E-state index contributed by atoms with van der Waals surface area (Å²) in [7, 11) is 0. The van der Waals surface area contributed by atoms with Crippen LogP contribution in [0.25, 0.3) is 5.69 Å². The fraction of sp³-hybridized carbons (Fsp3) is 0.292. The van der Waals surface area contributed by atoms with Gasteiger partial charge in [0.15, 0.2) is 0 Å². The zero-order valence-corrected chi connectivity index (χ0v) is 20.5. The molecule has 1 N–H and O–H groups in total. The molecule has 34 heavy (non-hydrogen) atoms. The monoisotopic (exact) mass is 531 g/mol. The van der Waals surface area contributed by atoms with Gasteiger partial charge in [0.05, 0.1) is 23.3 Å². The van der Waals surface area contributed by atoms with Crippen molar-refractivity contribution in [1.82, 2.24) is 24.5 Å². The van der Waals surface area contributed by atoms with Crippen molar-refractivity contribution >= 4 is 15.9 Å². The largest absolute Gasteiger partial charge is 0.484 e. The Bertz CT molecular complexity index is 1310. The summed E-state index contributed by atoms with van der Waals surface area (Å²) in [5.74, 6) is -0.695. The van der Waals surface area contributed by atoms with Crippen molar-refractivity contribution in [3.8, 4) is 11.4 Å². The topological polar surface area (TPSA) is 78.0 Å². The Morgan fingerprint density at radius 3 is 2.65 bits per heavy atom. The van der Waals surface area contributed by atoms with Crippen LogP contribution in [0, 0.1) is 11.8 Å². The van der Waals surface area contributed by atoms with E-state index in [0.717, 1.165) is 16.2 Å². The number of ether oxygens (including phenoxy) is 1. The lowest BCUT2D eigenvalue weighted by atomic mass is 10.1. The van der Waals surface area contributed by atoms with E-state index in [1.807, 2.05) is 13.8 Å². The average molecular weight is 532 g/mol. The van der Waals surface area contributed by atoms with Gasteiger partial charge in [-0.05, 0) is 60.5 Å². The number of aromatic nitrogens is 5. The molecule has 0 radical (unpaired) electrons. The van der Waals surface area contributed by atoms with Crippen molar-refractivity contribution < 1.29 is 18.6 Å². The number of pyridine rings is 1. The normalized spacial score (nSPS) is 13.1. The molecule has 3 aromatic heterocycles. The molecule has 1 aromatic carbocycles. The summed E-state index contributed by atoms with van der Waals surface area (Å²) in [4.78, 5) is 4.37. The number of hydrogen-bond donors (Lipinski definition) is 1. The number of aliphatic hydroxyl groups is 1. The second-order valence-electron chi connectivity index (χ2n) is 7.75. The van der Waals surface area contributed by atoms with Gasteiger partial charge < -0.3 is 9.84 Å². The van der Waals surface area contributed by atoms with Gasteiger partial charge in [-0.15, -0.1) is 5.10 Å². The molecule has 0 saturated heterocycles. The van der Waals surface area contributed by atoms with E-state index < -0.39 is 24.0 Å². The number of halogens is 3. The van der Waals surface area contributed by atoms with Crippen LogP contribution < -0.4 is 4.74 Å². The third-order valence-corrected chi connectivity index (χ3v) is 5.91. The van der Waals surface area contributed by atoms with Gasteiger partial charge in [-0.3, -0.25) is 9.67 Å². The van der Waals surface area contributed by atoms with Crippen molar-refractivity contribution in [3.63, 3.8) is 0 Å². The van der Waals surface area contributed by atoms with Crippen LogP contribution >= 0.6 is 15.9 Å². The van der Waals surface area contributed by atoms with Crippen molar-refractivity contribution in [3.05, 3.63) is 87.7 Å². The number of aryl methyl sites for hydroxylation is 2. The Morgan fingerprint density at radius 2 is 1.94 bits per heavy atom. The quantitative estimate of drug-likeness (QED) is 0.333. The smallest absolute Gasteiger partial charge is 0.233 e. The Kier molecular flexibility index (Phi) is 7.08. The van der Waals surface area contributed by atoms with E-state index >= 15 is 0 Å². The summed E-state index contributed by atoms with van der Waals surface area (Å²) < 4.78 is 38.5. The molecule has 0 fully saturated rings. The van der Waals surface area contributed by atoms with Gasteiger partial charge in [-0.25, -0.2) is 9.07 Å². The summed E-state index contributed by atoms with van der Waals surface area (Å²) in [6, 6.07) is 7.02. The van der Waals surface area contributed by atoms with Gasteiger partial charge in [0.2, 0.25) is 5.95 Å². The predicted molar refractivity (Wildman–Crippen MR) is 126 cm³/mol. The molecule has 0 aliphatic rings. The molecule has 7 nitrogen and oxygen atoms in total. The van der Waals surface area contributed by atoms with E-state index in [2.05, 4.69) is 31.1 Å². The first-order chi connectivity index (χ1) is 16.3. The van der Waals surface area contributed by atoms with E-state index in [1.165, 1.54) is 29.1 Å². The van der Waals surface area contributed by atoms with E-state index in [0.29, 0.717) is 35.5 Å². The van der Waals surface area contributed by atoms with Crippen molar-refractivity contribution in [2.24, 2.45) is 0 Å². The molecule has 0 saturated carbocycles. The molecule has 10 heteroatoms. The summed E-state index contributed by atoms with van der Waals surface area (Å²) >= 11 is 3.40. The van der Waals surface area contributed by atoms with E-state index in [9.17, 15) is 13.9 Å². The van der Waals surface area contributed by atoms with E-state index in [-0.39, 0.29) is 5.69 Å². The maximum Gasteiger partial charge on any atom is 0.233 e. The minimum absolute atomic E-state index is 0.187. The van der Waals surface area contributed by atoms with Crippen LogP contribution in [0.2, 0.25) is 0 Å². The predicted octanol–water partition coefficient (Wildman–Crippen LogP) is 5.31. The average Bonchev–Trinajstić information content (AvgIpc) is 3.45. The fourth-order valence-electron chi connectivity index (χ4n) is 3.73. The van der Waals surface area contributed by atoms with Crippen LogP contribution in [-0.2, 0) is 13.0 Å². The van der Waals surface area contributed by atoms with Gasteiger partial charge in [-0.1, -0.05) is 6.92 Å². The lowest BCUT2D eigenvalue weighted by Gasteiger charge is -2.21. The Morgan fingerprint density at radius 1 is 1.15 bits per heavy atom. The Labute approximate surface area is 204 Å². The van der Waals surface area contributed by atoms with Crippen LogP contribution in [0.3, 0.4) is 0 Å². The van der Waals surface area contributed by atoms with E-state index in [1.54, 1.807) is 30.1 Å². The number of aliphatic hydroxyl groups excluding tert-OH is 1. The summed E-state index contributed by atoms with van der Waals surface area (Å²) in [5, 5.41) is 19.1. The van der Waals surface area contributed by atoms with E-state index in [4.69, 9.17) is 4.74 Å². The van der Waals surface area contributed by atoms with Crippen LogP contribution in [0.15, 0.2) is 53.4 Å². The maximum absolute atomic E-state index is 14.3. The van der Waals surface area contributed by atoms with Crippen LogP contribution in [-0.4, -0.2) is 29.7 Å². The van der Waals surface area contributed by atoms with Crippen molar-refractivity contribution in [2.75, 3.05) is 0 Å². The number of rotatable bonds is 8. The first-order valence-corrected chi connectivity index (χ1v) is 11.7. The molecular weight excluding hydrogens is 508 g/mol. The van der Waals surface area contributed by atoms with Gasteiger partial charge in [0.25, 0.3) is 0 Å². The van der Waals surface area contributed by atoms with Gasteiger partial charge in [0.1, 0.15) is 23.8 Å². The molecule has 0 amide bonds. The second kappa shape index (κ2) is 10.0. The molecule has 178 valence electrons. The first-order valence-electron chi connectivity index (χ1n) is 10.9. The molecule has 0 spiro atoms. The maximum atomic E-state index is 14.3. The summed E-state index contributed by atoms with van der Waals surface area (Å²) in [6.07, 6.45) is 3.72. The third kappa shape index (κ3) is 4.88. The molecule has 2 atom stereocenters.